The van der Waals surface area contributed by atoms with Crippen LogP contribution in [0.1, 0.15) is 149 Å². The largest absolute Gasteiger partial charge is 0.478 e. The number of fused-ring (bicyclic) bond motifs is 6. The number of thiophene rings is 5. The number of carbonyl (C=O) groups is 12. The van der Waals surface area contributed by atoms with Crippen molar-refractivity contribution in [2.45, 2.75) is 215 Å². The molecule has 3 aliphatic heterocycles. The molecule has 6 atom stereocenters. The predicted octanol–water partition coefficient (Wildman–Crippen LogP) is 14.1. The zero-order chi connectivity index (χ0) is 105. The topological polar surface area (TPSA) is 478 Å². The fourth-order valence-electron chi connectivity index (χ4n) is 15.4. The number of rotatable bonds is 29. The highest BCUT2D eigenvalue weighted by Gasteiger charge is 2.45. The maximum absolute atomic E-state index is 13.5. The number of amides is 7. The summed E-state index contributed by atoms with van der Waals surface area (Å²) in [5, 5.41) is 59.4. The molecule has 6 aromatic carbocycles. The van der Waals surface area contributed by atoms with Crippen LogP contribution in [0.2, 0.25) is 0 Å². The molecule has 14 aromatic rings. The van der Waals surface area contributed by atoms with Crippen LogP contribution < -0.4 is 27.0 Å². The minimum Gasteiger partial charge on any atom is -0.478 e. The van der Waals surface area contributed by atoms with E-state index in [9.17, 15) is 72.9 Å². The van der Waals surface area contributed by atoms with Crippen LogP contribution >= 0.6 is 72.6 Å². The maximum atomic E-state index is 13.5. The number of imidazole rings is 3. The Kier molecular flexibility index (Phi) is 39.4. The molecule has 0 saturated carbocycles. The number of hydrogen-bond acceptors (Lipinski definition) is 30. The summed E-state index contributed by atoms with van der Waals surface area (Å²) in [6.45, 7) is 21.2. The van der Waals surface area contributed by atoms with Crippen LogP contribution in [-0.2, 0) is 175 Å². The Morgan fingerprint density at radius 1 is 0.384 bits per heavy atom. The fourth-order valence-corrected chi connectivity index (χ4v) is 20.0. The van der Waals surface area contributed by atoms with E-state index in [0.717, 1.165) is 136 Å². The monoisotopic (exact) mass is 2150 g/mol. The van der Waals surface area contributed by atoms with E-state index >= 15 is 0 Å². The van der Waals surface area contributed by atoms with Crippen LogP contribution in [-0.4, -0.2) is 183 Å². The first-order chi connectivity index (χ1) is 69.7. The number of para-hydroxylation sites is 6. The first kappa shape index (κ1) is 111. The predicted molar refractivity (Wildman–Crippen MR) is 553 cm³/mol. The molecule has 3 aliphatic rings. The van der Waals surface area contributed by atoms with Crippen LogP contribution in [0, 0.1) is 0 Å². The number of carboxylic acids is 1. The number of hydrogen-bond donors (Lipinski definition) is 9. The molecule has 0 radical (unpaired) electrons. The molecule has 17 rings (SSSR count). The Bertz CT molecular complexity index is 6850. The number of aliphatic hydroxyl groups is 3. The van der Waals surface area contributed by atoms with Crippen molar-refractivity contribution in [3.8, 4) is 0 Å². The van der Waals surface area contributed by atoms with Gasteiger partial charge in [-0.2, -0.15) is 0 Å². The van der Waals surface area contributed by atoms with E-state index < -0.39 is 113 Å². The van der Waals surface area contributed by atoms with E-state index in [-0.39, 0.29) is 38.9 Å². The number of nitrogens with zero attached hydrogens (tertiary/aromatic N) is 9. The third-order valence-corrected chi connectivity index (χ3v) is 27.6. The zero-order valence-corrected chi connectivity index (χ0v) is 87.3. The Morgan fingerprint density at radius 3 is 1.01 bits per heavy atom. The van der Waals surface area contributed by atoms with Crippen molar-refractivity contribution in [3.05, 3.63) is 306 Å². The highest BCUT2D eigenvalue weighted by molar-refractivity contribution is 9.10. The second-order valence-corrected chi connectivity index (χ2v) is 41.6. The Balaban J connectivity index is 0.000000162. The molecule has 0 saturated heterocycles. The van der Waals surface area contributed by atoms with Gasteiger partial charge in [0, 0.05) is 127 Å². The van der Waals surface area contributed by atoms with Crippen molar-refractivity contribution >= 4 is 177 Å². The lowest BCUT2D eigenvalue weighted by molar-refractivity contribution is -0.183. The number of benzene rings is 6. The summed E-state index contributed by atoms with van der Waals surface area (Å²) >= 11 is 11.1. The first-order valence-electron chi connectivity index (χ1n) is 46.0. The average Bonchev–Trinajstić information content (AvgIpc) is 1.65. The second kappa shape index (κ2) is 52.0. The van der Waals surface area contributed by atoms with Gasteiger partial charge in [0.25, 0.3) is 29.5 Å². The molecular formula is C104H113BrN14O22S5. The average molecular weight is 2150 g/mol. The van der Waals surface area contributed by atoms with Gasteiger partial charge in [-0.05, 0) is 201 Å². The van der Waals surface area contributed by atoms with Gasteiger partial charge in [0.1, 0.15) is 11.2 Å². The van der Waals surface area contributed by atoms with Gasteiger partial charge in [-0.15, -0.1) is 56.7 Å². The number of carbonyl (C=O) groups excluding carboxylic acids is 11. The molecule has 7 amide bonds. The summed E-state index contributed by atoms with van der Waals surface area (Å²) in [6, 6.07) is 56.4. The van der Waals surface area contributed by atoms with E-state index in [1.54, 1.807) is 35.3 Å². The molecule has 0 fully saturated rings. The number of aliphatic hydroxyl groups excluding tert-OH is 3. The number of nitrogens with two attached hydrogens (primary N) is 1. The minimum atomic E-state index is -1.90. The lowest BCUT2D eigenvalue weighted by Gasteiger charge is -2.28. The van der Waals surface area contributed by atoms with Crippen molar-refractivity contribution in [2.75, 3.05) is 0 Å². The smallest absolute Gasteiger partial charge is 0.407 e. The number of nitrogens with one attached hydrogen (secondary N) is 4. The Hall–Kier alpha value is -14.2. The van der Waals surface area contributed by atoms with Gasteiger partial charge in [-0.25, -0.2) is 29.3 Å². The van der Waals surface area contributed by atoms with Crippen LogP contribution in [0.5, 0.6) is 0 Å². The van der Waals surface area contributed by atoms with Crippen molar-refractivity contribution in [1.82, 2.24) is 64.6 Å². The van der Waals surface area contributed by atoms with E-state index in [1.165, 1.54) is 64.7 Å². The van der Waals surface area contributed by atoms with Gasteiger partial charge in [0.15, 0.2) is 12.2 Å². The summed E-state index contributed by atoms with van der Waals surface area (Å²) in [7, 11) is 0. The van der Waals surface area contributed by atoms with E-state index in [2.05, 4.69) is 83.5 Å². The van der Waals surface area contributed by atoms with Crippen molar-refractivity contribution in [2.24, 2.45) is 5.73 Å². The van der Waals surface area contributed by atoms with Crippen LogP contribution in [0.4, 0.5) is 9.59 Å². The lowest BCUT2D eigenvalue weighted by atomic mass is 10.1. The molecule has 11 heterocycles. The molecule has 0 aliphatic carbocycles. The molecule has 10 N–H and O–H groups in total. The van der Waals surface area contributed by atoms with Gasteiger partial charge in [0.2, 0.25) is 24.4 Å². The summed E-state index contributed by atoms with van der Waals surface area (Å²) in [4.78, 5) is 167. The highest BCUT2D eigenvalue weighted by Crippen LogP contribution is 2.31. The molecule has 0 spiro atoms. The summed E-state index contributed by atoms with van der Waals surface area (Å²) < 4.78 is 37.6. The van der Waals surface area contributed by atoms with Gasteiger partial charge < -0.3 is 104 Å². The SMILES string of the molecule is CC(=O)O[C@@H](C(=O)NCc1cc(Cn2cnc3ccccc32)cs1)[C@@H](OC(C)=O)C(=O)N1Cc2ccccc2C1.CC(=O)O[C@@H](C(=O)O)[C@@H](OC(C)=O)C(=O)N1Cc2ccccc2C1.CC(C)(C)OC(=O)NCc1cc(Br)cs1.CC(C)(C)OC(=O)NCc1cc(CO)cs1.NCc1cc(Cn2cnc3ccccc32)cs1.O=C(NCc1cc(Cn2cnc3ccccc32)cs1)[C@H](O)[C@@H](O)C(=O)N1Cc2ccccc2C1. The lowest BCUT2D eigenvalue weighted by Crippen LogP contribution is -2.53. The summed E-state index contributed by atoms with van der Waals surface area (Å²) in [5.41, 5.74) is 20.9. The number of aliphatic carboxylic acids is 1. The molecular weight excluding hydrogens is 2040 g/mol. The first-order valence-corrected chi connectivity index (χ1v) is 51.2. The number of carboxylic acid groups (broad SMARTS) is 1. The third kappa shape index (κ3) is 32.4. The Morgan fingerprint density at radius 2 is 0.678 bits per heavy atom. The molecule has 0 bridgehead atoms. The number of ether oxygens (including phenoxy) is 6. The number of aromatic nitrogens is 6. The van der Waals surface area contributed by atoms with Crippen LogP contribution in [0.3, 0.4) is 0 Å². The van der Waals surface area contributed by atoms with Crippen LogP contribution in [0.25, 0.3) is 33.1 Å². The standard InChI is InChI=1S/C29H28N4O6S.C25H24N4O4S.C16H17NO7.C13H13N3S.C11H17NO3S.C10H14BrNO2S/c1-18(34)38-26(27(39-19(2)35)29(37)32-14-21-7-3-4-8-22(21)15-32)28(36)30-12-23-11-20(16-40-23)13-33-17-31-24-9-5-6-10-25(24)33;30-22(23(31)25(33)28-12-17-5-1-2-6-18(17)13-28)24(32)26-10-19-9-16(14-34-19)11-29-15-27-20-7-3-4-8-21(20)29;1-9(18)23-13(14(16(21)22)24-10(2)19)15(20)17-7-11-5-3-4-6-12(11)8-17;14-6-11-5-10(8-17-11)7-16-9-15-12-3-1-2-4-13(12)16;1-11(2,3)15-10(14)12-5-9-4-8(6-13)7-16-9;1-10(2,3)14-9(13)12-5-8-4-7(11)6-15-8/h3-11,16-17,26-27H,12-15H2,1-2H3,(H,30,36);1-9,14-15,22-23,30-31H,10-13H2,(H,26,32);3-6,13-14H,7-8H2,1-2H3,(H,21,22);1-5,8-9H,6-7,14H2;4,7,13H,5-6H2,1-3H3,(H,12,14);4,6H,5H2,1-3H3,(H,12,13)/t26-,27-;22-,23-;13-,14-;;;/m111.../s1. The Labute approximate surface area is 869 Å². The van der Waals surface area contributed by atoms with Gasteiger partial charge in [-0.1, -0.05) is 109 Å². The van der Waals surface area contributed by atoms with Crippen molar-refractivity contribution in [3.63, 3.8) is 0 Å². The maximum Gasteiger partial charge on any atom is 0.407 e. The highest BCUT2D eigenvalue weighted by atomic mass is 79.9. The third-order valence-electron chi connectivity index (χ3n) is 22.0. The van der Waals surface area contributed by atoms with Gasteiger partial charge in [0.05, 0.1) is 84.9 Å². The minimum absolute atomic E-state index is 0.0307. The number of halogens is 1. The molecule has 42 heteroatoms. The quantitative estimate of drug-likeness (QED) is 0.0155. The van der Waals surface area contributed by atoms with Crippen molar-refractivity contribution < 1.29 is 106 Å². The molecule has 36 nitrogen and oxygen atoms in total. The van der Waals surface area contributed by atoms with E-state index in [1.807, 2.05) is 238 Å². The van der Waals surface area contributed by atoms with Crippen LogP contribution in [0.15, 0.2) is 226 Å². The van der Waals surface area contributed by atoms with E-state index in [0.29, 0.717) is 58.9 Å². The normalized spacial score (nSPS) is 13.4. The van der Waals surface area contributed by atoms with Crippen molar-refractivity contribution in [1.29, 1.82) is 0 Å². The molecule has 8 aromatic heterocycles. The number of esters is 4. The zero-order valence-electron chi connectivity index (χ0n) is 81.6. The second-order valence-electron chi connectivity index (χ2n) is 35.7. The summed E-state index contributed by atoms with van der Waals surface area (Å²) in [6.07, 6.45) is -5.88. The van der Waals surface area contributed by atoms with Gasteiger partial charge in [-0.3, -0.25) is 43.2 Å². The summed E-state index contributed by atoms with van der Waals surface area (Å²) in [5.74, 6) is -8.37. The molecule has 768 valence electrons. The van der Waals surface area contributed by atoms with E-state index in [4.69, 9.17) is 34.5 Å². The molecule has 0 unspecified atom stereocenters. The fraction of sp³-hybridized carbons (Fsp3) is 0.317. The molecule has 146 heavy (non-hydrogen) atoms. The van der Waals surface area contributed by atoms with Gasteiger partial charge >= 0.3 is 42.0 Å². The number of alkyl carbamates (subject to hydrolysis) is 2.